The molecule has 0 heterocycles. The molecule has 0 amide bonds. The lowest BCUT2D eigenvalue weighted by molar-refractivity contribution is 0.284. The van der Waals surface area contributed by atoms with Crippen molar-refractivity contribution < 1.29 is 14.2 Å². The van der Waals surface area contributed by atoms with E-state index in [0.29, 0.717) is 24.7 Å². The quantitative estimate of drug-likeness (QED) is 0.503. The zero-order valence-corrected chi connectivity index (χ0v) is 15.6. The van der Waals surface area contributed by atoms with Crippen molar-refractivity contribution in [2.24, 2.45) is 4.99 Å². The van der Waals surface area contributed by atoms with Gasteiger partial charge in [-0.25, -0.2) is 0 Å². The number of hydrogen-bond acceptors (Lipinski definition) is 4. The van der Waals surface area contributed by atoms with E-state index in [0.717, 1.165) is 22.6 Å². The van der Waals surface area contributed by atoms with Crippen molar-refractivity contribution in [1.82, 2.24) is 0 Å². The molecule has 0 saturated heterocycles. The van der Waals surface area contributed by atoms with Gasteiger partial charge in [0.2, 0.25) is 0 Å². The first kappa shape index (κ1) is 18.5. The minimum absolute atomic E-state index is 0.477. The molecule has 0 atom stereocenters. The average molecular weight is 361 g/mol. The van der Waals surface area contributed by atoms with Gasteiger partial charge in [-0.2, -0.15) is 0 Å². The largest absolute Gasteiger partial charge is 0.493 e. The Kier molecular flexibility index (Phi) is 6.47. The normalized spacial score (nSPS) is 10.7. The van der Waals surface area contributed by atoms with Crippen LogP contribution in [0.2, 0.25) is 0 Å². The predicted molar refractivity (Wildman–Crippen MR) is 109 cm³/mol. The lowest BCUT2D eigenvalue weighted by Gasteiger charge is -2.11. The topological polar surface area (TPSA) is 40.0 Å². The van der Waals surface area contributed by atoms with Gasteiger partial charge >= 0.3 is 0 Å². The third-order valence-corrected chi connectivity index (χ3v) is 3.94. The fourth-order valence-electron chi connectivity index (χ4n) is 2.61. The van der Waals surface area contributed by atoms with E-state index in [1.807, 2.05) is 79.7 Å². The minimum atomic E-state index is 0.477. The van der Waals surface area contributed by atoms with Crippen LogP contribution in [0.5, 0.6) is 17.2 Å². The maximum Gasteiger partial charge on any atom is 0.162 e. The Morgan fingerprint density at radius 3 is 2.37 bits per heavy atom. The summed E-state index contributed by atoms with van der Waals surface area (Å²) in [7, 11) is 1.64. The molecule has 0 fully saturated rings. The van der Waals surface area contributed by atoms with Gasteiger partial charge < -0.3 is 14.2 Å². The molecule has 27 heavy (non-hydrogen) atoms. The maximum absolute atomic E-state index is 5.96. The Morgan fingerprint density at radius 1 is 0.815 bits per heavy atom. The second-order valence-corrected chi connectivity index (χ2v) is 5.84. The maximum atomic E-state index is 5.96. The number of rotatable bonds is 8. The highest BCUT2D eigenvalue weighted by atomic mass is 16.5. The van der Waals surface area contributed by atoms with Crippen LogP contribution in [-0.4, -0.2) is 19.9 Å². The molecule has 3 aromatic carbocycles. The molecule has 0 unspecified atom stereocenters. The van der Waals surface area contributed by atoms with Crippen molar-refractivity contribution in [3.8, 4) is 17.2 Å². The summed E-state index contributed by atoms with van der Waals surface area (Å²) in [6.07, 6.45) is 1.80. The van der Waals surface area contributed by atoms with Crippen molar-refractivity contribution in [2.45, 2.75) is 13.5 Å². The third-order valence-electron chi connectivity index (χ3n) is 3.94. The zero-order valence-electron chi connectivity index (χ0n) is 15.6. The highest BCUT2D eigenvalue weighted by Crippen LogP contribution is 2.30. The van der Waals surface area contributed by atoms with Crippen molar-refractivity contribution in [3.63, 3.8) is 0 Å². The van der Waals surface area contributed by atoms with Crippen molar-refractivity contribution in [2.75, 3.05) is 13.7 Å². The second-order valence-electron chi connectivity index (χ2n) is 5.84. The van der Waals surface area contributed by atoms with Gasteiger partial charge in [-0.3, -0.25) is 4.99 Å². The highest BCUT2D eigenvalue weighted by molar-refractivity contribution is 5.83. The number of aliphatic imine (C=N–C) groups is 1. The second kappa shape index (κ2) is 9.43. The van der Waals surface area contributed by atoms with Crippen LogP contribution in [0.4, 0.5) is 5.69 Å². The van der Waals surface area contributed by atoms with Gasteiger partial charge in [0.1, 0.15) is 18.0 Å². The zero-order chi connectivity index (χ0) is 18.9. The monoisotopic (exact) mass is 361 g/mol. The Bertz CT molecular complexity index is 891. The molecule has 3 aromatic rings. The van der Waals surface area contributed by atoms with Crippen LogP contribution in [0.25, 0.3) is 0 Å². The van der Waals surface area contributed by atoms with Crippen LogP contribution in [0.1, 0.15) is 18.1 Å². The smallest absolute Gasteiger partial charge is 0.162 e. The van der Waals surface area contributed by atoms with E-state index in [-0.39, 0.29) is 0 Å². The van der Waals surface area contributed by atoms with Crippen molar-refractivity contribution in [1.29, 1.82) is 0 Å². The van der Waals surface area contributed by atoms with Gasteiger partial charge in [0.05, 0.1) is 13.7 Å². The lowest BCUT2D eigenvalue weighted by atomic mass is 10.2. The van der Waals surface area contributed by atoms with Gasteiger partial charge in [-0.1, -0.05) is 42.5 Å². The molecular formula is C23H23NO3. The SMILES string of the molecule is CCOc1ccccc1N=Cc1ccc(OC)c(OCc2ccccc2)c1. The fraction of sp³-hybridized carbons (Fsp3) is 0.174. The van der Waals surface area contributed by atoms with E-state index < -0.39 is 0 Å². The number of methoxy groups -OCH3 is 1. The molecule has 0 aromatic heterocycles. The van der Waals surface area contributed by atoms with E-state index in [1.54, 1.807) is 13.3 Å². The Balaban J connectivity index is 1.78. The summed E-state index contributed by atoms with van der Waals surface area (Å²) in [5.74, 6) is 2.14. The molecular weight excluding hydrogens is 338 g/mol. The molecule has 4 heteroatoms. The molecule has 0 bridgehead atoms. The molecule has 0 radical (unpaired) electrons. The Morgan fingerprint density at radius 2 is 1.59 bits per heavy atom. The first-order valence-corrected chi connectivity index (χ1v) is 8.91. The van der Waals surface area contributed by atoms with Gasteiger partial charge in [0.15, 0.2) is 11.5 Å². The predicted octanol–water partition coefficient (Wildman–Crippen LogP) is 5.42. The molecule has 0 aliphatic heterocycles. The molecule has 0 saturated carbocycles. The van der Waals surface area contributed by atoms with Crippen LogP contribution in [0.15, 0.2) is 77.8 Å². The van der Waals surface area contributed by atoms with Crippen LogP contribution < -0.4 is 14.2 Å². The Hall–Kier alpha value is -3.27. The first-order chi connectivity index (χ1) is 13.3. The summed E-state index contributed by atoms with van der Waals surface area (Å²) in [5.41, 5.74) is 2.82. The third kappa shape index (κ3) is 5.11. The van der Waals surface area contributed by atoms with Gasteiger partial charge in [-0.05, 0) is 48.4 Å². The standard InChI is InChI=1S/C23H23NO3/c1-3-26-21-12-8-7-11-20(21)24-16-19-13-14-22(25-2)23(15-19)27-17-18-9-5-4-6-10-18/h4-16H,3,17H2,1-2H3. The summed E-state index contributed by atoms with van der Waals surface area (Å²) >= 11 is 0. The van der Waals surface area contributed by atoms with Crippen LogP contribution in [-0.2, 0) is 6.61 Å². The Labute approximate surface area is 160 Å². The molecule has 0 N–H and O–H groups in total. The summed E-state index contributed by atoms with van der Waals surface area (Å²) < 4.78 is 17.0. The number of benzene rings is 3. The van der Waals surface area contributed by atoms with Crippen molar-refractivity contribution in [3.05, 3.63) is 83.9 Å². The van der Waals surface area contributed by atoms with E-state index in [9.17, 15) is 0 Å². The van der Waals surface area contributed by atoms with Crippen molar-refractivity contribution >= 4 is 11.9 Å². The highest BCUT2D eigenvalue weighted by Gasteiger charge is 2.06. The molecule has 4 nitrogen and oxygen atoms in total. The number of hydrogen-bond donors (Lipinski definition) is 0. The molecule has 0 spiro atoms. The number of para-hydroxylation sites is 2. The van der Waals surface area contributed by atoms with E-state index in [4.69, 9.17) is 14.2 Å². The van der Waals surface area contributed by atoms with Gasteiger partial charge in [0.25, 0.3) is 0 Å². The summed E-state index contributed by atoms with van der Waals surface area (Å²) in [4.78, 5) is 4.56. The molecule has 138 valence electrons. The number of ether oxygens (including phenoxy) is 3. The van der Waals surface area contributed by atoms with Crippen LogP contribution in [0.3, 0.4) is 0 Å². The van der Waals surface area contributed by atoms with E-state index in [1.165, 1.54) is 0 Å². The molecule has 3 rings (SSSR count). The van der Waals surface area contributed by atoms with E-state index in [2.05, 4.69) is 4.99 Å². The molecule has 0 aliphatic rings. The van der Waals surface area contributed by atoms with Crippen LogP contribution >= 0.6 is 0 Å². The first-order valence-electron chi connectivity index (χ1n) is 8.91. The van der Waals surface area contributed by atoms with Crippen LogP contribution in [0, 0.1) is 0 Å². The minimum Gasteiger partial charge on any atom is -0.493 e. The summed E-state index contributed by atoms with van der Waals surface area (Å²) in [6.45, 7) is 3.04. The summed E-state index contributed by atoms with van der Waals surface area (Å²) in [6, 6.07) is 23.5. The fourth-order valence-corrected chi connectivity index (χ4v) is 2.61. The molecule has 0 aliphatic carbocycles. The average Bonchev–Trinajstić information content (AvgIpc) is 2.72. The number of nitrogens with zero attached hydrogens (tertiary/aromatic N) is 1. The van der Waals surface area contributed by atoms with Gasteiger partial charge in [-0.15, -0.1) is 0 Å². The van der Waals surface area contributed by atoms with Gasteiger partial charge in [0, 0.05) is 6.21 Å². The van der Waals surface area contributed by atoms with E-state index >= 15 is 0 Å². The lowest BCUT2D eigenvalue weighted by Crippen LogP contribution is -1.98. The summed E-state index contributed by atoms with van der Waals surface area (Å²) in [5, 5.41) is 0.